The summed E-state index contributed by atoms with van der Waals surface area (Å²) in [4.78, 5) is 11.3. The first-order valence-electron chi connectivity index (χ1n) is 6.32. The number of aromatic nitrogens is 1. The minimum absolute atomic E-state index is 0.00663. The van der Waals surface area contributed by atoms with Crippen molar-refractivity contribution >= 4 is 40.0 Å². The average Bonchev–Trinajstić information content (AvgIpc) is 2.74. The zero-order valence-corrected chi connectivity index (χ0v) is 12.1. The highest BCUT2D eigenvalue weighted by Gasteiger charge is 2.24. The molecule has 1 aromatic heterocycles. The molecule has 0 fully saturated rings. The van der Waals surface area contributed by atoms with Crippen LogP contribution in [0.5, 0.6) is 0 Å². The third-order valence-electron chi connectivity index (χ3n) is 3.59. The molecular weight excluding hydrogens is 283 g/mol. The highest BCUT2D eigenvalue weighted by atomic mass is 35.5. The molecule has 0 spiro atoms. The number of fused-ring (bicyclic) bond motifs is 3. The number of benzene rings is 1. The summed E-state index contributed by atoms with van der Waals surface area (Å²) in [5, 5.41) is 5.23. The first kappa shape index (κ1) is 12.8. The van der Waals surface area contributed by atoms with Crippen LogP contribution in [0.3, 0.4) is 0 Å². The fraction of sp³-hybridized carbons (Fsp3) is 0.357. The van der Waals surface area contributed by atoms with Gasteiger partial charge in [-0.1, -0.05) is 29.3 Å². The van der Waals surface area contributed by atoms with Crippen molar-refractivity contribution in [2.24, 2.45) is 0 Å². The summed E-state index contributed by atoms with van der Waals surface area (Å²) >= 11 is 12.4. The molecular formula is C14H14Cl2N2O. The van der Waals surface area contributed by atoms with E-state index in [2.05, 4.69) is 16.0 Å². The van der Waals surface area contributed by atoms with Crippen molar-refractivity contribution < 1.29 is 4.79 Å². The molecule has 3 rings (SSSR count). The Hall–Kier alpha value is -1.19. The lowest BCUT2D eigenvalue weighted by atomic mass is 10.0. The number of halogens is 2. The Morgan fingerprint density at radius 1 is 1.42 bits per heavy atom. The summed E-state index contributed by atoms with van der Waals surface area (Å²) in [5.74, 6) is -0.00663. The molecule has 0 saturated heterocycles. The van der Waals surface area contributed by atoms with Crippen LogP contribution in [0.4, 0.5) is 0 Å². The predicted molar refractivity (Wildman–Crippen MR) is 77.7 cm³/mol. The van der Waals surface area contributed by atoms with E-state index in [0.29, 0.717) is 10.0 Å². The second-order valence-corrected chi connectivity index (χ2v) is 5.70. The van der Waals surface area contributed by atoms with Crippen LogP contribution < -0.4 is 5.32 Å². The Bertz CT molecular complexity index is 663. The van der Waals surface area contributed by atoms with Crippen LogP contribution in [-0.4, -0.2) is 10.5 Å². The second kappa shape index (κ2) is 4.73. The summed E-state index contributed by atoms with van der Waals surface area (Å²) in [7, 11) is 0. The summed E-state index contributed by atoms with van der Waals surface area (Å²) in [6.07, 6.45) is 1.98. The minimum atomic E-state index is -0.00663. The van der Waals surface area contributed by atoms with Crippen LogP contribution in [0.15, 0.2) is 18.2 Å². The zero-order valence-electron chi connectivity index (χ0n) is 10.5. The number of nitrogens with one attached hydrogen (secondary N) is 1. The van der Waals surface area contributed by atoms with Gasteiger partial charge < -0.3 is 9.88 Å². The lowest BCUT2D eigenvalue weighted by Gasteiger charge is -2.26. The topological polar surface area (TPSA) is 34.0 Å². The van der Waals surface area contributed by atoms with E-state index in [0.717, 1.165) is 36.0 Å². The molecule has 0 radical (unpaired) electrons. The highest BCUT2D eigenvalue weighted by Crippen LogP contribution is 2.37. The van der Waals surface area contributed by atoms with E-state index in [4.69, 9.17) is 23.2 Å². The predicted octanol–water partition coefficient (Wildman–Crippen LogP) is 3.92. The number of aryl methyl sites for hydroxylation is 1. The SMILES string of the molecule is CC(=O)NC1CCCn2c1cc1ccc(Cl)c(Cl)c12. The summed E-state index contributed by atoms with van der Waals surface area (Å²) in [6.45, 7) is 2.46. The Kier molecular flexibility index (Phi) is 3.19. The van der Waals surface area contributed by atoms with Gasteiger partial charge in [0.15, 0.2) is 0 Å². The van der Waals surface area contributed by atoms with Crippen molar-refractivity contribution in [3.8, 4) is 0 Å². The van der Waals surface area contributed by atoms with E-state index >= 15 is 0 Å². The first-order chi connectivity index (χ1) is 9.08. The Labute approximate surface area is 121 Å². The molecule has 100 valence electrons. The Balaban J connectivity index is 2.18. The molecule has 1 amide bonds. The van der Waals surface area contributed by atoms with Gasteiger partial charge in [-0.15, -0.1) is 0 Å². The summed E-state index contributed by atoms with van der Waals surface area (Å²) in [6, 6.07) is 5.94. The Morgan fingerprint density at radius 3 is 2.95 bits per heavy atom. The van der Waals surface area contributed by atoms with Crippen molar-refractivity contribution in [2.75, 3.05) is 0 Å². The van der Waals surface area contributed by atoms with E-state index in [1.807, 2.05) is 12.1 Å². The molecule has 1 atom stereocenters. The van der Waals surface area contributed by atoms with Crippen LogP contribution >= 0.6 is 23.2 Å². The number of amides is 1. The van der Waals surface area contributed by atoms with Gasteiger partial charge in [0.25, 0.3) is 0 Å². The Morgan fingerprint density at radius 2 is 2.21 bits per heavy atom. The molecule has 1 aliphatic rings. The average molecular weight is 297 g/mol. The summed E-state index contributed by atoms with van der Waals surface area (Å²) < 4.78 is 2.17. The van der Waals surface area contributed by atoms with Gasteiger partial charge in [0, 0.05) is 24.5 Å². The van der Waals surface area contributed by atoms with Crippen molar-refractivity contribution in [1.29, 1.82) is 0 Å². The van der Waals surface area contributed by atoms with Gasteiger partial charge in [-0.05, 0) is 25.0 Å². The van der Waals surface area contributed by atoms with E-state index in [1.54, 1.807) is 6.92 Å². The maximum absolute atomic E-state index is 11.3. The van der Waals surface area contributed by atoms with E-state index < -0.39 is 0 Å². The number of nitrogens with zero attached hydrogens (tertiary/aromatic N) is 1. The maximum Gasteiger partial charge on any atom is 0.217 e. The molecule has 5 heteroatoms. The minimum Gasteiger partial charge on any atom is -0.348 e. The summed E-state index contributed by atoms with van der Waals surface area (Å²) in [5.41, 5.74) is 2.08. The monoisotopic (exact) mass is 296 g/mol. The third kappa shape index (κ3) is 2.11. The molecule has 1 aromatic carbocycles. The maximum atomic E-state index is 11.3. The normalized spacial score (nSPS) is 18.4. The lowest BCUT2D eigenvalue weighted by Crippen LogP contribution is -2.30. The molecule has 2 heterocycles. The van der Waals surface area contributed by atoms with Crippen LogP contribution in [-0.2, 0) is 11.3 Å². The number of hydrogen-bond donors (Lipinski definition) is 1. The standard InChI is InChI=1S/C14H14Cl2N2O/c1-8(19)17-11-3-2-6-18-12(11)7-9-4-5-10(15)13(16)14(9)18/h4-5,7,11H,2-3,6H2,1H3,(H,17,19). The zero-order chi connectivity index (χ0) is 13.6. The van der Waals surface area contributed by atoms with Crippen LogP contribution in [0.25, 0.3) is 10.9 Å². The van der Waals surface area contributed by atoms with Gasteiger partial charge in [-0.3, -0.25) is 4.79 Å². The number of rotatable bonds is 1. The second-order valence-electron chi connectivity index (χ2n) is 4.92. The van der Waals surface area contributed by atoms with Gasteiger partial charge in [0.1, 0.15) is 0 Å². The van der Waals surface area contributed by atoms with E-state index in [9.17, 15) is 4.79 Å². The molecule has 1 unspecified atom stereocenters. The van der Waals surface area contributed by atoms with Crippen molar-refractivity contribution in [2.45, 2.75) is 32.4 Å². The molecule has 0 aliphatic carbocycles. The van der Waals surface area contributed by atoms with Crippen molar-refractivity contribution in [3.63, 3.8) is 0 Å². The van der Waals surface area contributed by atoms with Crippen LogP contribution in [0, 0.1) is 0 Å². The van der Waals surface area contributed by atoms with Gasteiger partial charge >= 0.3 is 0 Å². The van der Waals surface area contributed by atoms with Crippen LogP contribution in [0.1, 0.15) is 31.5 Å². The van der Waals surface area contributed by atoms with Gasteiger partial charge in [0.2, 0.25) is 5.91 Å². The van der Waals surface area contributed by atoms with E-state index in [1.165, 1.54) is 0 Å². The van der Waals surface area contributed by atoms with Gasteiger partial charge in [-0.2, -0.15) is 0 Å². The quantitative estimate of drug-likeness (QED) is 0.850. The highest BCUT2D eigenvalue weighted by molar-refractivity contribution is 6.45. The first-order valence-corrected chi connectivity index (χ1v) is 7.08. The molecule has 0 saturated carbocycles. The van der Waals surface area contributed by atoms with Crippen LogP contribution in [0.2, 0.25) is 10.0 Å². The largest absolute Gasteiger partial charge is 0.348 e. The molecule has 19 heavy (non-hydrogen) atoms. The fourth-order valence-electron chi connectivity index (χ4n) is 2.83. The number of carbonyl (C=O) groups excluding carboxylic acids is 1. The molecule has 1 aliphatic heterocycles. The van der Waals surface area contributed by atoms with E-state index in [-0.39, 0.29) is 11.9 Å². The fourth-order valence-corrected chi connectivity index (χ4v) is 3.26. The van der Waals surface area contributed by atoms with Gasteiger partial charge in [0.05, 0.1) is 21.6 Å². The lowest BCUT2D eigenvalue weighted by molar-refractivity contribution is -0.119. The van der Waals surface area contributed by atoms with Crippen molar-refractivity contribution in [1.82, 2.24) is 9.88 Å². The molecule has 0 bridgehead atoms. The molecule has 3 nitrogen and oxygen atoms in total. The number of hydrogen-bond acceptors (Lipinski definition) is 1. The number of carbonyl (C=O) groups is 1. The molecule has 1 N–H and O–H groups in total. The smallest absolute Gasteiger partial charge is 0.217 e. The van der Waals surface area contributed by atoms with Crippen molar-refractivity contribution in [3.05, 3.63) is 33.9 Å². The third-order valence-corrected chi connectivity index (χ3v) is 4.39. The molecule has 2 aromatic rings. The van der Waals surface area contributed by atoms with Gasteiger partial charge in [-0.25, -0.2) is 0 Å².